The third-order valence-corrected chi connectivity index (χ3v) is 2.37. The van der Waals surface area contributed by atoms with Crippen LogP contribution in [0.3, 0.4) is 0 Å². The van der Waals surface area contributed by atoms with Crippen LogP contribution in [-0.2, 0) is 0 Å². The van der Waals surface area contributed by atoms with Crippen molar-refractivity contribution < 1.29 is 0 Å². The molecule has 1 N–H and O–H groups in total. The topological polar surface area (TPSA) is 12.0 Å². The molecule has 0 heterocycles. The molecule has 0 radical (unpaired) electrons. The van der Waals surface area contributed by atoms with Gasteiger partial charge < -0.3 is 5.32 Å². The SMILES string of the molecule is CCNCCC(C)c1ccccc1. The predicted octanol–water partition coefficient (Wildman–Crippen LogP) is 2.79. The summed E-state index contributed by atoms with van der Waals surface area (Å²) in [6.45, 7) is 6.62. The first-order valence-corrected chi connectivity index (χ1v) is 5.10. The Labute approximate surface area is 81.2 Å². The molecule has 0 aromatic heterocycles. The summed E-state index contributed by atoms with van der Waals surface area (Å²) in [5, 5.41) is 3.35. The standard InChI is InChI=1S/C12H19N/c1-3-13-10-9-11(2)12-7-5-4-6-8-12/h4-8,11,13H,3,9-10H2,1-2H3. The summed E-state index contributed by atoms with van der Waals surface area (Å²) in [5.74, 6) is 0.667. The van der Waals surface area contributed by atoms with Crippen molar-refractivity contribution in [3.8, 4) is 0 Å². The van der Waals surface area contributed by atoms with Crippen molar-refractivity contribution in [3.63, 3.8) is 0 Å². The van der Waals surface area contributed by atoms with E-state index in [1.54, 1.807) is 0 Å². The average Bonchev–Trinajstić information content (AvgIpc) is 2.19. The second-order valence-electron chi connectivity index (χ2n) is 3.45. The van der Waals surface area contributed by atoms with Crippen LogP contribution >= 0.6 is 0 Å². The Kier molecular flexibility index (Phi) is 4.55. The van der Waals surface area contributed by atoms with E-state index in [0.29, 0.717) is 5.92 Å². The van der Waals surface area contributed by atoms with Gasteiger partial charge in [0.25, 0.3) is 0 Å². The summed E-state index contributed by atoms with van der Waals surface area (Å²) in [5.41, 5.74) is 1.44. The molecule has 0 aliphatic rings. The normalized spacial score (nSPS) is 12.8. The fourth-order valence-electron chi connectivity index (χ4n) is 1.44. The molecule has 0 fully saturated rings. The molecule has 0 amide bonds. The Morgan fingerprint density at radius 3 is 2.54 bits per heavy atom. The molecule has 1 nitrogen and oxygen atoms in total. The molecule has 1 aromatic rings. The van der Waals surface area contributed by atoms with Crippen molar-refractivity contribution >= 4 is 0 Å². The molecule has 13 heavy (non-hydrogen) atoms. The lowest BCUT2D eigenvalue weighted by Crippen LogP contribution is -2.15. The molecule has 0 saturated heterocycles. The molecule has 72 valence electrons. The third-order valence-electron chi connectivity index (χ3n) is 2.37. The fraction of sp³-hybridized carbons (Fsp3) is 0.500. The highest BCUT2D eigenvalue weighted by Crippen LogP contribution is 2.17. The highest BCUT2D eigenvalue weighted by atomic mass is 14.8. The van der Waals surface area contributed by atoms with E-state index in [9.17, 15) is 0 Å². The maximum Gasteiger partial charge on any atom is -0.00433 e. The maximum atomic E-state index is 3.35. The Bertz CT molecular complexity index is 218. The zero-order chi connectivity index (χ0) is 9.52. The van der Waals surface area contributed by atoms with E-state index in [2.05, 4.69) is 49.5 Å². The first-order chi connectivity index (χ1) is 6.34. The Balaban J connectivity index is 2.35. The van der Waals surface area contributed by atoms with Gasteiger partial charge in [-0.05, 0) is 31.0 Å². The molecule has 0 aliphatic heterocycles. The molecule has 0 aliphatic carbocycles. The smallest absolute Gasteiger partial charge is 0.00433 e. The van der Waals surface area contributed by atoms with Gasteiger partial charge in [-0.3, -0.25) is 0 Å². The number of rotatable bonds is 5. The number of hydrogen-bond acceptors (Lipinski definition) is 1. The Morgan fingerprint density at radius 2 is 1.92 bits per heavy atom. The second kappa shape index (κ2) is 5.76. The zero-order valence-electron chi connectivity index (χ0n) is 8.59. The first kappa shape index (κ1) is 10.3. The molecule has 0 bridgehead atoms. The van der Waals surface area contributed by atoms with Crippen LogP contribution in [0.25, 0.3) is 0 Å². The highest BCUT2D eigenvalue weighted by Gasteiger charge is 2.02. The summed E-state index contributed by atoms with van der Waals surface area (Å²) in [4.78, 5) is 0. The van der Waals surface area contributed by atoms with Gasteiger partial charge >= 0.3 is 0 Å². The van der Waals surface area contributed by atoms with Gasteiger partial charge in [-0.25, -0.2) is 0 Å². The number of benzene rings is 1. The van der Waals surface area contributed by atoms with E-state index in [-0.39, 0.29) is 0 Å². The van der Waals surface area contributed by atoms with Crippen LogP contribution in [-0.4, -0.2) is 13.1 Å². The Hall–Kier alpha value is -0.820. The predicted molar refractivity (Wildman–Crippen MR) is 58.0 cm³/mol. The molecule has 1 rings (SSSR count). The van der Waals surface area contributed by atoms with Crippen molar-refractivity contribution in [2.75, 3.05) is 13.1 Å². The van der Waals surface area contributed by atoms with Crippen molar-refractivity contribution in [2.24, 2.45) is 0 Å². The minimum absolute atomic E-state index is 0.667. The van der Waals surface area contributed by atoms with E-state index in [1.165, 1.54) is 12.0 Å². The zero-order valence-corrected chi connectivity index (χ0v) is 8.59. The van der Waals surface area contributed by atoms with Gasteiger partial charge in [0, 0.05) is 0 Å². The third kappa shape index (κ3) is 3.60. The molecule has 0 saturated carbocycles. The highest BCUT2D eigenvalue weighted by molar-refractivity contribution is 5.18. The molecular weight excluding hydrogens is 158 g/mol. The van der Waals surface area contributed by atoms with Gasteiger partial charge in [0.2, 0.25) is 0 Å². The average molecular weight is 177 g/mol. The van der Waals surface area contributed by atoms with Crippen LogP contribution in [0, 0.1) is 0 Å². The lowest BCUT2D eigenvalue weighted by atomic mass is 9.98. The lowest BCUT2D eigenvalue weighted by molar-refractivity contribution is 0.609. The molecule has 1 unspecified atom stereocenters. The number of nitrogens with one attached hydrogen (secondary N) is 1. The second-order valence-corrected chi connectivity index (χ2v) is 3.45. The molecule has 0 spiro atoms. The van der Waals surface area contributed by atoms with Gasteiger partial charge in [0.15, 0.2) is 0 Å². The van der Waals surface area contributed by atoms with Crippen molar-refractivity contribution in [1.82, 2.24) is 5.32 Å². The lowest BCUT2D eigenvalue weighted by Gasteiger charge is -2.11. The minimum atomic E-state index is 0.667. The van der Waals surface area contributed by atoms with Gasteiger partial charge in [-0.2, -0.15) is 0 Å². The van der Waals surface area contributed by atoms with Gasteiger partial charge in [-0.15, -0.1) is 0 Å². The molecule has 1 aromatic carbocycles. The fourth-order valence-corrected chi connectivity index (χ4v) is 1.44. The summed E-state index contributed by atoms with van der Waals surface area (Å²) >= 11 is 0. The number of hydrogen-bond donors (Lipinski definition) is 1. The van der Waals surface area contributed by atoms with Crippen LogP contribution in [0.15, 0.2) is 30.3 Å². The van der Waals surface area contributed by atoms with Gasteiger partial charge in [-0.1, -0.05) is 44.2 Å². The van der Waals surface area contributed by atoms with E-state index >= 15 is 0 Å². The Morgan fingerprint density at radius 1 is 1.23 bits per heavy atom. The van der Waals surface area contributed by atoms with E-state index < -0.39 is 0 Å². The van der Waals surface area contributed by atoms with Gasteiger partial charge in [0.05, 0.1) is 0 Å². The minimum Gasteiger partial charge on any atom is -0.317 e. The quantitative estimate of drug-likeness (QED) is 0.682. The van der Waals surface area contributed by atoms with Crippen molar-refractivity contribution in [1.29, 1.82) is 0 Å². The summed E-state index contributed by atoms with van der Waals surface area (Å²) in [6, 6.07) is 10.7. The van der Waals surface area contributed by atoms with Crippen molar-refractivity contribution in [2.45, 2.75) is 26.2 Å². The van der Waals surface area contributed by atoms with Crippen LogP contribution in [0.5, 0.6) is 0 Å². The van der Waals surface area contributed by atoms with Crippen LogP contribution in [0.1, 0.15) is 31.7 Å². The summed E-state index contributed by atoms with van der Waals surface area (Å²) < 4.78 is 0. The van der Waals surface area contributed by atoms with Crippen molar-refractivity contribution in [3.05, 3.63) is 35.9 Å². The maximum absolute atomic E-state index is 3.35. The molecule has 1 heteroatoms. The van der Waals surface area contributed by atoms with Crippen LogP contribution in [0.2, 0.25) is 0 Å². The van der Waals surface area contributed by atoms with Crippen LogP contribution < -0.4 is 5.32 Å². The first-order valence-electron chi connectivity index (χ1n) is 5.10. The summed E-state index contributed by atoms with van der Waals surface area (Å²) in [6.07, 6.45) is 1.22. The van der Waals surface area contributed by atoms with Crippen LogP contribution in [0.4, 0.5) is 0 Å². The largest absolute Gasteiger partial charge is 0.317 e. The van der Waals surface area contributed by atoms with E-state index in [0.717, 1.165) is 13.1 Å². The van der Waals surface area contributed by atoms with E-state index in [4.69, 9.17) is 0 Å². The van der Waals surface area contributed by atoms with E-state index in [1.807, 2.05) is 0 Å². The molecule has 1 atom stereocenters. The summed E-state index contributed by atoms with van der Waals surface area (Å²) in [7, 11) is 0. The van der Waals surface area contributed by atoms with Gasteiger partial charge in [0.1, 0.15) is 0 Å². The molecular formula is C12H19N. The monoisotopic (exact) mass is 177 g/mol.